The lowest BCUT2D eigenvalue weighted by atomic mass is 9.84. The number of aryl methyl sites for hydroxylation is 1. The average molecular weight is 594 g/mol. The van der Waals surface area contributed by atoms with Crippen LogP contribution in [0.5, 0.6) is 0 Å². The number of amides is 1. The van der Waals surface area contributed by atoms with Crippen molar-refractivity contribution in [3.63, 3.8) is 0 Å². The fraction of sp³-hybridized carbons (Fsp3) is 0.542. The predicted octanol–water partition coefficient (Wildman–Crippen LogP) is 5.44. The van der Waals surface area contributed by atoms with E-state index in [-0.39, 0.29) is 27.8 Å². The third-order valence-corrected chi connectivity index (χ3v) is 8.71. The van der Waals surface area contributed by atoms with Gasteiger partial charge in [0.25, 0.3) is 10.0 Å². The quantitative estimate of drug-likeness (QED) is 0.391. The Balaban J connectivity index is 2.07. The number of ether oxygens (including phenoxy) is 1. The van der Waals surface area contributed by atoms with E-state index in [1.165, 1.54) is 29.1 Å². The van der Waals surface area contributed by atoms with E-state index in [1.54, 1.807) is 27.7 Å². The molecule has 39 heavy (non-hydrogen) atoms. The summed E-state index contributed by atoms with van der Waals surface area (Å²) in [6, 6.07) is 2.90. The molecule has 0 radical (unpaired) electrons. The number of carbonyl (C=O) groups excluding carboxylic acids is 2. The van der Waals surface area contributed by atoms with Gasteiger partial charge in [0.1, 0.15) is 11.2 Å². The molecule has 2 heterocycles. The first-order valence-corrected chi connectivity index (χ1v) is 13.9. The number of nitrogens with one attached hydrogen (secondary N) is 2. The molecule has 0 bridgehead atoms. The maximum atomic E-state index is 14.0. The van der Waals surface area contributed by atoms with Crippen LogP contribution in [0.15, 0.2) is 29.3 Å². The maximum Gasteiger partial charge on any atom is 0.427 e. The van der Waals surface area contributed by atoms with Gasteiger partial charge in [-0.3, -0.25) is 14.3 Å². The van der Waals surface area contributed by atoms with Crippen LogP contribution in [0.2, 0.25) is 5.15 Å². The molecule has 1 amide bonds. The zero-order valence-corrected chi connectivity index (χ0v) is 23.8. The summed E-state index contributed by atoms with van der Waals surface area (Å²) >= 11 is 6.20. The lowest BCUT2D eigenvalue weighted by molar-refractivity contribution is -0.242. The van der Waals surface area contributed by atoms with Crippen molar-refractivity contribution >= 4 is 51.1 Å². The van der Waals surface area contributed by atoms with Crippen molar-refractivity contribution in [3.05, 3.63) is 29.5 Å². The second-order valence-corrected chi connectivity index (χ2v) is 12.6. The molecule has 0 saturated heterocycles. The predicted molar refractivity (Wildman–Crippen MR) is 141 cm³/mol. The van der Waals surface area contributed by atoms with Crippen LogP contribution >= 0.6 is 11.6 Å². The summed E-state index contributed by atoms with van der Waals surface area (Å²) in [5, 5.41) is 9.27. The minimum Gasteiger partial charge on any atom is -0.434 e. The van der Waals surface area contributed by atoms with Gasteiger partial charge in [-0.15, -0.1) is 0 Å². The molecule has 2 aromatic rings. The molecule has 2 unspecified atom stereocenters. The van der Waals surface area contributed by atoms with E-state index in [2.05, 4.69) is 20.5 Å². The number of fused-ring (bicyclic) bond motifs is 1. The largest absolute Gasteiger partial charge is 0.434 e. The van der Waals surface area contributed by atoms with Crippen LogP contribution in [0.4, 0.5) is 35.0 Å². The van der Waals surface area contributed by atoms with Crippen LogP contribution < -0.4 is 14.9 Å². The summed E-state index contributed by atoms with van der Waals surface area (Å²) in [5.41, 5.74) is -3.08. The molecule has 1 aromatic heterocycles. The van der Waals surface area contributed by atoms with Crippen molar-refractivity contribution in [1.82, 2.24) is 9.78 Å². The second kappa shape index (κ2) is 10.5. The standard InChI is InChI=1S/C24H31ClF3N5O5S/c1-7-32-12-19(20(25)31-32)39(36,37)33-14(2)17(11-22(3,4)13-34)30-16-9-8-15(10-18(16)33)29-21(35)38-23(5,6)24(26,27)28/h8-10,12-14,17,30H,7,11H2,1-6H3,(H,29,35). The molecule has 0 saturated carbocycles. The van der Waals surface area contributed by atoms with Gasteiger partial charge in [-0.25, -0.2) is 13.2 Å². The molecule has 10 nitrogen and oxygen atoms in total. The van der Waals surface area contributed by atoms with Gasteiger partial charge in [0.2, 0.25) is 5.60 Å². The topological polar surface area (TPSA) is 123 Å². The number of carbonyl (C=O) groups is 2. The molecule has 3 rings (SSSR count). The minimum atomic E-state index is -4.81. The number of aromatic nitrogens is 2. The van der Waals surface area contributed by atoms with Crippen LogP contribution in [0.3, 0.4) is 0 Å². The number of alkyl halides is 3. The second-order valence-electron chi connectivity index (χ2n) is 10.5. The highest BCUT2D eigenvalue weighted by molar-refractivity contribution is 7.93. The van der Waals surface area contributed by atoms with Crippen molar-refractivity contribution < 1.29 is 35.9 Å². The summed E-state index contributed by atoms with van der Waals surface area (Å²) in [7, 11) is -4.34. The van der Waals surface area contributed by atoms with E-state index < -0.39 is 45.4 Å². The smallest absolute Gasteiger partial charge is 0.427 e. The van der Waals surface area contributed by atoms with E-state index >= 15 is 0 Å². The summed E-state index contributed by atoms with van der Waals surface area (Å²) in [4.78, 5) is 23.7. The normalized spacial score (nSPS) is 18.3. The summed E-state index contributed by atoms with van der Waals surface area (Å²) in [6.45, 7) is 8.65. The van der Waals surface area contributed by atoms with Crippen molar-refractivity contribution in [1.29, 1.82) is 0 Å². The average Bonchev–Trinajstić information content (AvgIpc) is 3.20. The Morgan fingerprint density at radius 2 is 1.90 bits per heavy atom. The minimum absolute atomic E-state index is 0.00653. The van der Waals surface area contributed by atoms with E-state index in [4.69, 9.17) is 11.6 Å². The van der Waals surface area contributed by atoms with E-state index in [1.807, 2.05) is 0 Å². The molecular formula is C24H31ClF3N5O5S. The summed E-state index contributed by atoms with van der Waals surface area (Å²) in [6.07, 6.45) is -3.81. The molecule has 2 N–H and O–H groups in total. The van der Waals surface area contributed by atoms with E-state index in [0.29, 0.717) is 26.1 Å². The number of aldehydes is 1. The van der Waals surface area contributed by atoms with E-state index in [9.17, 15) is 31.2 Å². The number of hydrogen-bond acceptors (Lipinski definition) is 7. The van der Waals surface area contributed by atoms with Crippen molar-refractivity contribution in [2.45, 2.75) is 83.3 Å². The van der Waals surface area contributed by atoms with Crippen molar-refractivity contribution in [2.24, 2.45) is 5.41 Å². The van der Waals surface area contributed by atoms with Gasteiger partial charge < -0.3 is 14.8 Å². The monoisotopic (exact) mass is 593 g/mol. The summed E-state index contributed by atoms with van der Waals surface area (Å²) in [5.74, 6) is 0. The van der Waals surface area contributed by atoms with Gasteiger partial charge in [0.05, 0.1) is 17.4 Å². The number of nitrogens with zero attached hydrogens (tertiary/aromatic N) is 3. The molecule has 1 aromatic carbocycles. The first kappa shape index (κ1) is 30.5. The van der Waals surface area contributed by atoms with Crippen LogP contribution in [0, 0.1) is 5.41 Å². The zero-order valence-electron chi connectivity index (χ0n) is 22.3. The van der Waals surface area contributed by atoms with Gasteiger partial charge in [-0.05, 0) is 52.3 Å². The molecule has 216 valence electrons. The fourth-order valence-electron chi connectivity index (χ4n) is 4.06. The van der Waals surface area contributed by atoms with Crippen LogP contribution in [0.25, 0.3) is 0 Å². The fourth-order valence-corrected chi connectivity index (χ4v) is 6.21. The van der Waals surface area contributed by atoms with Gasteiger partial charge in [-0.2, -0.15) is 18.3 Å². The third-order valence-electron chi connectivity index (χ3n) is 6.42. The first-order valence-electron chi connectivity index (χ1n) is 12.0. The van der Waals surface area contributed by atoms with Crippen molar-refractivity contribution in [2.75, 3.05) is 14.9 Å². The Morgan fingerprint density at radius 1 is 1.26 bits per heavy atom. The lowest BCUT2D eigenvalue weighted by Crippen LogP contribution is -2.53. The first-order chi connectivity index (χ1) is 17.8. The molecule has 1 aliphatic rings. The molecular weight excluding hydrogens is 563 g/mol. The van der Waals surface area contributed by atoms with Crippen LogP contribution in [-0.4, -0.2) is 54.4 Å². The number of anilines is 3. The Labute approximate surface area is 229 Å². The number of halogens is 4. The Hall–Kier alpha value is -3.00. The highest BCUT2D eigenvalue weighted by Gasteiger charge is 2.51. The third kappa shape index (κ3) is 6.26. The van der Waals surface area contributed by atoms with Gasteiger partial charge in [0.15, 0.2) is 5.15 Å². The SMILES string of the molecule is CCn1cc(S(=O)(=O)N2c3cc(NC(=O)OC(C)(C)C(F)(F)F)ccc3NC(CC(C)(C)C=O)C2C)c(Cl)n1. The number of benzene rings is 1. The molecule has 2 atom stereocenters. The molecule has 0 aliphatic carbocycles. The Kier molecular flexibility index (Phi) is 8.24. The molecule has 0 spiro atoms. The number of sulfonamides is 1. The van der Waals surface area contributed by atoms with Gasteiger partial charge in [0, 0.05) is 29.9 Å². The van der Waals surface area contributed by atoms with E-state index in [0.717, 1.165) is 10.6 Å². The van der Waals surface area contributed by atoms with Crippen LogP contribution in [-0.2, 0) is 26.1 Å². The molecule has 15 heteroatoms. The maximum absolute atomic E-state index is 14.0. The Morgan fingerprint density at radius 3 is 2.44 bits per heavy atom. The molecule has 0 fully saturated rings. The zero-order chi connectivity index (χ0) is 29.6. The number of hydrogen-bond donors (Lipinski definition) is 2. The van der Waals surface area contributed by atoms with Gasteiger partial charge >= 0.3 is 12.3 Å². The van der Waals surface area contributed by atoms with Crippen molar-refractivity contribution in [3.8, 4) is 0 Å². The highest BCUT2D eigenvalue weighted by atomic mass is 35.5. The lowest BCUT2D eigenvalue weighted by Gasteiger charge is -2.43. The van der Waals surface area contributed by atoms with Crippen LogP contribution in [0.1, 0.15) is 48.0 Å². The Bertz CT molecular complexity index is 1360. The summed E-state index contributed by atoms with van der Waals surface area (Å²) < 4.78 is 74.5. The van der Waals surface area contributed by atoms with Gasteiger partial charge in [-0.1, -0.05) is 25.4 Å². The number of rotatable bonds is 8. The molecule has 1 aliphatic heterocycles. The highest BCUT2D eigenvalue weighted by Crippen LogP contribution is 2.42.